The van der Waals surface area contributed by atoms with Crippen LogP contribution in [0.1, 0.15) is 28.8 Å². The number of hydrogen-bond acceptors (Lipinski definition) is 3. The lowest BCUT2D eigenvalue weighted by Gasteiger charge is -2.21. The number of nitrogens with zero attached hydrogens (tertiary/aromatic N) is 1. The minimum Gasteiger partial charge on any atom is -0.489 e. The highest BCUT2D eigenvalue weighted by Gasteiger charge is 2.34. The van der Waals surface area contributed by atoms with Crippen molar-refractivity contribution < 1.29 is 19.4 Å². The van der Waals surface area contributed by atoms with Crippen LogP contribution < -0.4 is 4.74 Å². The lowest BCUT2D eigenvalue weighted by molar-refractivity contribution is -0.141. The standard InChI is InChI=1S/C19H19NO4/c21-18(20-12-4-7-17(20)19(22)23)15-8-10-16(11-9-15)24-13-14-5-2-1-3-6-14/h1-3,5-6,8-11,17H,4,7,12-13H2,(H,22,23). The van der Waals surface area contributed by atoms with Crippen LogP contribution in [0.15, 0.2) is 54.6 Å². The summed E-state index contributed by atoms with van der Waals surface area (Å²) in [6.07, 6.45) is 1.24. The summed E-state index contributed by atoms with van der Waals surface area (Å²) in [7, 11) is 0. The summed E-state index contributed by atoms with van der Waals surface area (Å²) in [6.45, 7) is 0.948. The lowest BCUT2D eigenvalue weighted by Crippen LogP contribution is -2.40. The molecule has 1 heterocycles. The zero-order valence-electron chi connectivity index (χ0n) is 13.2. The fraction of sp³-hybridized carbons (Fsp3) is 0.263. The van der Waals surface area contributed by atoms with Crippen LogP contribution in [-0.2, 0) is 11.4 Å². The maximum Gasteiger partial charge on any atom is 0.326 e. The molecule has 3 rings (SSSR count). The van der Waals surface area contributed by atoms with Gasteiger partial charge < -0.3 is 14.7 Å². The van der Waals surface area contributed by atoms with Gasteiger partial charge in [0.2, 0.25) is 0 Å². The van der Waals surface area contributed by atoms with Crippen molar-refractivity contribution in [2.75, 3.05) is 6.54 Å². The van der Waals surface area contributed by atoms with Crippen LogP contribution in [0.2, 0.25) is 0 Å². The van der Waals surface area contributed by atoms with Crippen LogP contribution in [0.25, 0.3) is 0 Å². The summed E-state index contributed by atoms with van der Waals surface area (Å²) in [4.78, 5) is 25.1. The van der Waals surface area contributed by atoms with Crippen molar-refractivity contribution in [3.63, 3.8) is 0 Å². The Bertz CT molecular complexity index is 712. The molecule has 0 aromatic heterocycles. The molecule has 0 radical (unpaired) electrons. The molecule has 0 saturated carbocycles. The molecule has 1 atom stereocenters. The van der Waals surface area contributed by atoms with E-state index in [9.17, 15) is 14.7 Å². The number of amides is 1. The minimum atomic E-state index is -0.941. The van der Waals surface area contributed by atoms with E-state index in [4.69, 9.17) is 4.74 Å². The van der Waals surface area contributed by atoms with Gasteiger partial charge in [-0.2, -0.15) is 0 Å². The van der Waals surface area contributed by atoms with E-state index in [0.717, 1.165) is 12.0 Å². The molecule has 2 aromatic carbocycles. The normalized spacial score (nSPS) is 16.8. The Balaban J connectivity index is 1.63. The fourth-order valence-corrected chi connectivity index (χ4v) is 2.87. The Morgan fingerprint density at radius 3 is 2.46 bits per heavy atom. The zero-order chi connectivity index (χ0) is 16.9. The van der Waals surface area contributed by atoms with Crippen molar-refractivity contribution >= 4 is 11.9 Å². The molecule has 1 fully saturated rings. The van der Waals surface area contributed by atoms with Crippen LogP contribution in [0.3, 0.4) is 0 Å². The fourth-order valence-electron chi connectivity index (χ4n) is 2.87. The van der Waals surface area contributed by atoms with Crippen LogP contribution >= 0.6 is 0 Å². The predicted octanol–water partition coefficient (Wildman–Crippen LogP) is 2.95. The first-order valence-corrected chi connectivity index (χ1v) is 7.96. The van der Waals surface area contributed by atoms with Gasteiger partial charge in [-0.15, -0.1) is 0 Å². The van der Waals surface area contributed by atoms with Gasteiger partial charge in [0.25, 0.3) is 5.91 Å². The Hall–Kier alpha value is -2.82. The number of carbonyl (C=O) groups excluding carboxylic acids is 1. The zero-order valence-corrected chi connectivity index (χ0v) is 13.2. The molecule has 0 aliphatic carbocycles. The molecule has 24 heavy (non-hydrogen) atoms. The minimum absolute atomic E-state index is 0.241. The van der Waals surface area contributed by atoms with Gasteiger partial charge in [0.1, 0.15) is 18.4 Å². The Kier molecular flexibility index (Phi) is 4.79. The molecule has 1 N–H and O–H groups in total. The van der Waals surface area contributed by atoms with Gasteiger partial charge >= 0.3 is 5.97 Å². The second-order valence-corrected chi connectivity index (χ2v) is 5.79. The summed E-state index contributed by atoms with van der Waals surface area (Å²) >= 11 is 0. The maximum absolute atomic E-state index is 12.5. The number of carbonyl (C=O) groups is 2. The Morgan fingerprint density at radius 2 is 1.79 bits per heavy atom. The van der Waals surface area contributed by atoms with Gasteiger partial charge in [0.15, 0.2) is 0 Å². The van der Waals surface area contributed by atoms with Crippen LogP contribution in [0.5, 0.6) is 5.75 Å². The largest absolute Gasteiger partial charge is 0.489 e. The summed E-state index contributed by atoms with van der Waals surface area (Å²) in [6, 6.07) is 15.9. The number of ether oxygens (including phenoxy) is 1. The van der Waals surface area contributed by atoms with Gasteiger partial charge in [-0.1, -0.05) is 30.3 Å². The number of likely N-dealkylation sites (tertiary alicyclic amines) is 1. The van der Waals surface area contributed by atoms with Crippen molar-refractivity contribution in [2.45, 2.75) is 25.5 Å². The molecule has 124 valence electrons. The lowest BCUT2D eigenvalue weighted by atomic mass is 10.1. The molecule has 5 nitrogen and oxygen atoms in total. The van der Waals surface area contributed by atoms with Crippen molar-refractivity contribution in [1.82, 2.24) is 4.90 Å². The van der Waals surface area contributed by atoms with Gasteiger partial charge in [0.05, 0.1) is 0 Å². The number of benzene rings is 2. The topological polar surface area (TPSA) is 66.8 Å². The molecule has 1 aliphatic heterocycles. The van der Waals surface area contributed by atoms with Gasteiger partial charge in [-0.25, -0.2) is 4.79 Å². The third-order valence-corrected chi connectivity index (χ3v) is 4.15. The molecule has 0 bridgehead atoms. The first kappa shape index (κ1) is 16.1. The molecule has 5 heteroatoms. The number of carboxylic acid groups (broad SMARTS) is 1. The Labute approximate surface area is 140 Å². The SMILES string of the molecule is O=C(O)C1CCCN1C(=O)c1ccc(OCc2ccccc2)cc1. The second kappa shape index (κ2) is 7.17. The van der Waals surface area contributed by atoms with Crippen molar-refractivity contribution in [1.29, 1.82) is 0 Å². The van der Waals surface area contributed by atoms with Crippen molar-refractivity contribution in [3.8, 4) is 5.75 Å². The molecule has 2 aromatic rings. The molecule has 1 aliphatic rings. The molecule has 1 saturated heterocycles. The maximum atomic E-state index is 12.5. The van der Waals surface area contributed by atoms with Crippen LogP contribution in [0, 0.1) is 0 Å². The molecular weight excluding hydrogens is 306 g/mol. The Morgan fingerprint density at radius 1 is 1.08 bits per heavy atom. The van der Waals surface area contributed by atoms with E-state index in [1.54, 1.807) is 24.3 Å². The molecule has 1 amide bonds. The van der Waals surface area contributed by atoms with E-state index >= 15 is 0 Å². The summed E-state index contributed by atoms with van der Waals surface area (Å²) in [5, 5.41) is 9.19. The van der Waals surface area contributed by atoms with E-state index in [2.05, 4.69) is 0 Å². The number of aliphatic carboxylic acids is 1. The number of carboxylic acids is 1. The van der Waals surface area contributed by atoms with E-state index in [1.165, 1.54) is 4.90 Å². The van der Waals surface area contributed by atoms with E-state index in [-0.39, 0.29) is 5.91 Å². The number of hydrogen-bond donors (Lipinski definition) is 1. The second-order valence-electron chi connectivity index (χ2n) is 5.79. The van der Waals surface area contributed by atoms with E-state index in [1.807, 2.05) is 30.3 Å². The molecule has 0 spiro atoms. The quantitative estimate of drug-likeness (QED) is 0.918. The highest BCUT2D eigenvalue weighted by atomic mass is 16.5. The highest BCUT2D eigenvalue weighted by Crippen LogP contribution is 2.22. The van der Waals surface area contributed by atoms with E-state index < -0.39 is 12.0 Å². The van der Waals surface area contributed by atoms with Crippen molar-refractivity contribution in [2.24, 2.45) is 0 Å². The average Bonchev–Trinajstić information content (AvgIpc) is 3.11. The van der Waals surface area contributed by atoms with Crippen LogP contribution in [0.4, 0.5) is 0 Å². The summed E-state index contributed by atoms with van der Waals surface area (Å²) < 4.78 is 5.69. The number of rotatable bonds is 5. The van der Waals surface area contributed by atoms with Crippen LogP contribution in [-0.4, -0.2) is 34.5 Å². The van der Waals surface area contributed by atoms with Gasteiger partial charge in [0, 0.05) is 12.1 Å². The van der Waals surface area contributed by atoms with Gasteiger partial charge in [-0.3, -0.25) is 4.79 Å². The summed E-state index contributed by atoms with van der Waals surface area (Å²) in [5.41, 5.74) is 1.55. The first-order chi connectivity index (χ1) is 11.6. The third-order valence-electron chi connectivity index (χ3n) is 4.15. The molecule has 1 unspecified atom stereocenters. The average molecular weight is 325 g/mol. The van der Waals surface area contributed by atoms with Gasteiger partial charge in [-0.05, 0) is 42.7 Å². The van der Waals surface area contributed by atoms with E-state index in [0.29, 0.717) is 30.9 Å². The highest BCUT2D eigenvalue weighted by molar-refractivity contribution is 5.97. The smallest absolute Gasteiger partial charge is 0.326 e. The predicted molar refractivity (Wildman–Crippen MR) is 88.9 cm³/mol. The third kappa shape index (κ3) is 3.56. The summed E-state index contributed by atoms with van der Waals surface area (Å²) in [5.74, 6) is -0.509. The monoisotopic (exact) mass is 325 g/mol. The first-order valence-electron chi connectivity index (χ1n) is 7.96. The molecular formula is C19H19NO4. The van der Waals surface area contributed by atoms with Crippen molar-refractivity contribution in [3.05, 3.63) is 65.7 Å².